The van der Waals surface area contributed by atoms with Gasteiger partial charge in [0.1, 0.15) is 4.91 Å². The molecule has 0 aromatic heterocycles. The Kier molecular flexibility index (Phi) is 4.21. The van der Waals surface area contributed by atoms with Crippen molar-refractivity contribution in [2.24, 2.45) is 0 Å². The fourth-order valence-corrected chi connectivity index (χ4v) is 1.28. The second kappa shape index (κ2) is 4.30. The molecule has 0 spiro atoms. The van der Waals surface area contributed by atoms with Crippen molar-refractivity contribution in [1.82, 2.24) is 0 Å². The van der Waals surface area contributed by atoms with E-state index in [2.05, 4.69) is 0 Å². The predicted molar refractivity (Wildman–Crippen MR) is 39.9 cm³/mol. The van der Waals surface area contributed by atoms with Crippen molar-refractivity contribution in [3.8, 4) is 0 Å². The van der Waals surface area contributed by atoms with Crippen LogP contribution >= 0.6 is 0 Å². The van der Waals surface area contributed by atoms with Crippen molar-refractivity contribution in [2.45, 2.75) is 0 Å². The number of ketones is 2. The zero-order valence-corrected chi connectivity index (χ0v) is 9.54. The summed E-state index contributed by atoms with van der Waals surface area (Å²) in [6.45, 7) is 0. The Morgan fingerprint density at radius 3 is 2.15 bits per heavy atom. The van der Waals surface area contributed by atoms with Gasteiger partial charge in [0.15, 0.2) is 11.6 Å². The third-order valence-electron chi connectivity index (χ3n) is 1.19. The maximum Gasteiger partial charge on any atom is 1.00 e. The Morgan fingerprint density at radius 2 is 1.77 bits per heavy atom. The molecule has 0 unspecified atom stereocenters. The van der Waals surface area contributed by atoms with Crippen LogP contribution in [0.4, 0.5) is 0 Å². The summed E-state index contributed by atoms with van der Waals surface area (Å²) in [5, 5.41) is 0. The van der Waals surface area contributed by atoms with Crippen molar-refractivity contribution in [3.05, 3.63) is 23.1 Å². The van der Waals surface area contributed by atoms with Gasteiger partial charge in [-0.25, -0.2) is 0 Å². The van der Waals surface area contributed by atoms with Crippen molar-refractivity contribution in [2.75, 3.05) is 0 Å². The number of carbonyl (C=O) groups is 2. The minimum atomic E-state index is -4.57. The smallest absolute Gasteiger partial charge is 1.00 e. The van der Waals surface area contributed by atoms with Crippen LogP contribution < -0.4 is 29.6 Å². The van der Waals surface area contributed by atoms with E-state index < -0.39 is 26.6 Å². The van der Waals surface area contributed by atoms with E-state index >= 15 is 0 Å². The summed E-state index contributed by atoms with van der Waals surface area (Å²) in [6.07, 6.45) is 2.31. The molecule has 0 radical (unpaired) electrons. The van der Waals surface area contributed by atoms with Gasteiger partial charge in [-0.3, -0.25) is 14.1 Å². The first kappa shape index (κ1) is 12.7. The molecule has 7 heteroatoms. The molecule has 0 aliphatic heterocycles. The van der Waals surface area contributed by atoms with Gasteiger partial charge in [0.05, 0.1) is 0 Å². The van der Waals surface area contributed by atoms with E-state index in [1.807, 2.05) is 0 Å². The number of hydrogen-bond donors (Lipinski definition) is 1. The van der Waals surface area contributed by atoms with E-state index in [0.717, 1.165) is 12.2 Å². The first-order valence-electron chi connectivity index (χ1n) is 2.87. The van der Waals surface area contributed by atoms with Gasteiger partial charge in [-0.05, 0) is 12.2 Å². The second-order valence-electron chi connectivity index (χ2n) is 2.08. The van der Waals surface area contributed by atoms with Crippen LogP contribution in [-0.2, 0) is 19.7 Å². The van der Waals surface area contributed by atoms with E-state index in [4.69, 9.17) is 4.55 Å². The monoisotopic (exact) mass is 212 g/mol. The van der Waals surface area contributed by atoms with Crippen LogP contribution in [0, 0.1) is 0 Å². The molecule has 0 heterocycles. The summed E-state index contributed by atoms with van der Waals surface area (Å²) in [4.78, 5) is 20.4. The van der Waals surface area contributed by atoms with E-state index in [1.165, 1.54) is 0 Å². The van der Waals surface area contributed by atoms with Crippen molar-refractivity contribution in [3.63, 3.8) is 0 Å². The van der Waals surface area contributed by atoms with E-state index in [9.17, 15) is 18.0 Å². The van der Waals surface area contributed by atoms with Crippen LogP contribution in [0.5, 0.6) is 0 Å². The van der Waals surface area contributed by atoms with Gasteiger partial charge in [0.2, 0.25) is 0 Å². The molecule has 1 aliphatic rings. The largest absolute Gasteiger partial charge is 1.00 e. The first-order chi connectivity index (χ1) is 5.41. The summed E-state index contributed by atoms with van der Waals surface area (Å²) in [6, 6.07) is 0. The van der Waals surface area contributed by atoms with Gasteiger partial charge in [-0.1, -0.05) is 0 Å². The van der Waals surface area contributed by atoms with Gasteiger partial charge in [0, 0.05) is 6.08 Å². The average Bonchev–Trinajstić information content (AvgIpc) is 1.92. The van der Waals surface area contributed by atoms with Crippen molar-refractivity contribution < 1.29 is 53.5 Å². The Hall–Kier alpha value is -0.270. The van der Waals surface area contributed by atoms with Crippen LogP contribution in [0.1, 0.15) is 1.43 Å². The third-order valence-corrected chi connectivity index (χ3v) is 2.07. The van der Waals surface area contributed by atoms with Crippen LogP contribution in [0.25, 0.3) is 0 Å². The predicted octanol–water partition coefficient (Wildman–Crippen LogP) is -3.42. The first-order valence-corrected chi connectivity index (χ1v) is 4.31. The summed E-state index contributed by atoms with van der Waals surface area (Å²) in [5.74, 6) is -1.53. The Bertz CT molecular complexity index is 408. The number of rotatable bonds is 1. The zero-order valence-electron chi connectivity index (χ0n) is 7.72. The quantitative estimate of drug-likeness (QED) is 0.278. The summed E-state index contributed by atoms with van der Waals surface area (Å²) < 4.78 is 29.3. The van der Waals surface area contributed by atoms with Crippen LogP contribution in [0.2, 0.25) is 0 Å². The molecule has 0 aromatic rings. The Balaban J connectivity index is 0. The summed E-state index contributed by atoms with van der Waals surface area (Å²) in [5.41, 5.74) is 0. The fourth-order valence-electron chi connectivity index (χ4n) is 0.690. The zero-order chi connectivity index (χ0) is 9.35. The van der Waals surface area contributed by atoms with Crippen LogP contribution in [0.3, 0.4) is 0 Å². The Morgan fingerprint density at radius 1 is 1.23 bits per heavy atom. The molecular formula is C6H5NaO5S. The molecule has 66 valence electrons. The van der Waals surface area contributed by atoms with E-state index in [-0.39, 0.29) is 31.0 Å². The van der Waals surface area contributed by atoms with Gasteiger partial charge >= 0.3 is 29.6 Å². The fraction of sp³-hybridized carbons (Fsp3) is 0. The standard InChI is InChI=1S/C6H4O5S.Na.H/c7-4-1-2-5(8)6(3-4)12(9,10)11;;/h1-3H,(H,9,10,11);;/q;+1;-1. The topological polar surface area (TPSA) is 88.5 Å². The van der Waals surface area contributed by atoms with Gasteiger partial charge in [-0.15, -0.1) is 0 Å². The van der Waals surface area contributed by atoms with E-state index in [1.54, 1.807) is 0 Å². The molecule has 0 atom stereocenters. The molecule has 0 fully saturated rings. The van der Waals surface area contributed by atoms with Crippen molar-refractivity contribution >= 4 is 21.7 Å². The minimum Gasteiger partial charge on any atom is -1.00 e. The van der Waals surface area contributed by atoms with Crippen LogP contribution in [0.15, 0.2) is 23.1 Å². The van der Waals surface area contributed by atoms with Crippen LogP contribution in [-0.4, -0.2) is 24.5 Å². The molecule has 1 N–H and O–H groups in total. The van der Waals surface area contributed by atoms with Gasteiger partial charge in [-0.2, -0.15) is 8.42 Å². The van der Waals surface area contributed by atoms with Crippen molar-refractivity contribution in [1.29, 1.82) is 0 Å². The average molecular weight is 212 g/mol. The molecule has 0 amide bonds. The third kappa shape index (κ3) is 3.17. The summed E-state index contributed by atoms with van der Waals surface area (Å²) >= 11 is 0. The molecule has 0 aromatic carbocycles. The van der Waals surface area contributed by atoms with Gasteiger partial charge < -0.3 is 1.43 Å². The molecule has 1 rings (SSSR count). The number of allylic oxidation sites excluding steroid dienone is 4. The van der Waals surface area contributed by atoms with E-state index in [0.29, 0.717) is 6.08 Å². The summed E-state index contributed by atoms with van der Waals surface area (Å²) in [7, 11) is -4.57. The number of carbonyl (C=O) groups excluding carboxylic acids is 2. The normalized spacial score (nSPS) is 16.5. The molecule has 13 heavy (non-hydrogen) atoms. The maximum atomic E-state index is 10.7. The molecule has 5 nitrogen and oxygen atoms in total. The maximum absolute atomic E-state index is 10.7. The molecule has 0 bridgehead atoms. The molecule has 0 saturated heterocycles. The molecule has 1 aliphatic carbocycles. The minimum absolute atomic E-state index is 0. The Labute approximate surface area is 98.0 Å². The van der Waals surface area contributed by atoms with Gasteiger partial charge in [0.25, 0.3) is 10.1 Å². The molecule has 0 saturated carbocycles. The second-order valence-corrected chi connectivity index (χ2v) is 3.47. The molecular weight excluding hydrogens is 207 g/mol. The number of hydrogen-bond acceptors (Lipinski definition) is 4. The SMILES string of the molecule is O=C1C=CC(=O)C(S(=O)(=O)O)=C1.[H-].[Na+].